The van der Waals surface area contributed by atoms with Crippen LogP contribution in [0.5, 0.6) is 11.5 Å². The Bertz CT molecular complexity index is 1160. The molecule has 5 nitrogen and oxygen atoms in total. The zero-order chi connectivity index (χ0) is 23.0. The maximum absolute atomic E-state index is 12.7. The van der Waals surface area contributed by atoms with Gasteiger partial charge in [0, 0.05) is 22.5 Å². The van der Waals surface area contributed by atoms with Crippen LogP contribution in [0.4, 0.5) is 5.69 Å². The molecule has 1 amide bonds. The van der Waals surface area contributed by atoms with Gasteiger partial charge in [-0.05, 0) is 91.9 Å². The highest BCUT2D eigenvalue weighted by Gasteiger charge is 2.12. The topological polar surface area (TPSA) is 59.9 Å². The van der Waals surface area contributed by atoms with Gasteiger partial charge in [-0.3, -0.25) is 9.79 Å². The standard InChI is InChI=1S/C28H28N2O3/c1-32-24-15-11-20(12-16-24)26-9-4-3-5-10-27(30-26)22-7-6-8-23(19-22)29-28(31)21-13-17-25(33-2)18-14-21/h6-8,10-19H,3-5,9H2,1-2H3,(H,29,31)/b27-10-,30-26+. The molecule has 4 rings (SSSR count). The smallest absolute Gasteiger partial charge is 0.255 e. The minimum absolute atomic E-state index is 0.163. The summed E-state index contributed by atoms with van der Waals surface area (Å²) >= 11 is 0. The Morgan fingerprint density at radius 2 is 1.55 bits per heavy atom. The number of amides is 1. The summed E-state index contributed by atoms with van der Waals surface area (Å²) in [5, 5.41) is 2.99. The van der Waals surface area contributed by atoms with Gasteiger partial charge in [0.2, 0.25) is 0 Å². The molecule has 1 heterocycles. The van der Waals surface area contributed by atoms with Gasteiger partial charge in [-0.2, -0.15) is 0 Å². The van der Waals surface area contributed by atoms with Crippen LogP contribution in [0.2, 0.25) is 0 Å². The van der Waals surface area contributed by atoms with Crippen molar-refractivity contribution >= 4 is 23.0 Å². The third-order valence-corrected chi connectivity index (χ3v) is 5.65. The molecule has 0 saturated carbocycles. The summed E-state index contributed by atoms with van der Waals surface area (Å²) in [7, 11) is 3.27. The largest absolute Gasteiger partial charge is 0.497 e. The number of nitrogens with zero attached hydrogens (tertiary/aromatic N) is 1. The average molecular weight is 441 g/mol. The van der Waals surface area contributed by atoms with E-state index in [0.29, 0.717) is 5.56 Å². The number of aliphatic imine (C=N–C) groups is 1. The molecule has 5 heteroatoms. The van der Waals surface area contributed by atoms with Crippen LogP contribution in [0, 0.1) is 0 Å². The molecule has 1 aliphatic rings. The van der Waals surface area contributed by atoms with E-state index < -0.39 is 0 Å². The lowest BCUT2D eigenvalue weighted by Crippen LogP contribution is -2.11. The van der Waals surface area contributed by atoms with Crippen LogP contribution < -0.4 is 14.8 Å². The molecule has 0 aromatic heterocycles. The first-order chi connectivity index (χ1) is 16.2. The number of anilines is 1. The van der Waals surface area contributed by atoms with Gasteiger partial charge in [-0.15, -0.1) is 0 Å². The highest BCUT2D eigenvalue weighted by atomic mass is 16.5. The number of hydrogen-bond acceptors (Lipinski definition) is 4. The Hall–Kier alpha value is -3.86. The fourth-order valence-electron chi connectivity index (χ4n) is 3.80. The van der Waals surface area contributed by atoms with Crippen LogP contribution in [0.3, 0.4) is 0 Å². The Labute approximate surface area is 194 Å². The van der Waals surface area contributed by atoms with Gasteiger partial charge in [-0.25, -0.2) is 0 Å². The molecule has 1 aliphatic heterocycles. The summed E-state index contributed by atoms with van der Waals surface area (Å²) in [6.45, 7) is 0. The molecule has 0 spiro atoms. The van der Waals surface area contributed by atoms with Gasteiger partial charge in [-0.1, -0.05) is 18.2 Å². The highest BCUT2D eigenvalue weighted by molar-refractivity contribution is 6.05. The molecule has 168 valence electrons. The summed E-state index contributed by atoms with van der Waals surface area (Å²) in [4.78, 5) is 17.7. The second kappa shape index (κ2) is 10.6. The van der Waals surface area contributed by atoms with E-state index in [4.69, 9.17) is 14.5 Å². The van der Waals surface area contributed by atoms with Crippen molar-refractivity contribution in [2.24, 2.45) is 4.99 Å². The zero-order valence-electron chi connectivity index (χ0n) is 19.0. The fourth-order valence-corrected chi connectivity index (χ4v) is 3.80. The first-order valence-corrected chi connectivity index (χ1v) is 11.1. The molecule has 0 bridgehead atoms. The Kier molecular flexibility index (Phi) is 7.20. The second-order valence-corrected chi connectivity index (χ2v) is 7.89. The SMILES string of the molecule is COc1ccc(C(=O)Nc2cccc(C3=C/CCCC/C(c4ccc(OC)cc4)=N\3)c2)cc1. The van der Waals surface area contributed by atoms with Crippen LogP contribution in [-0.4, -0.2) is 25.8 Å². The van der Waals surface area contributed by atoms with Crippen molar-refractivity contribution in [3.8, 4) is 11.5 Å². The van der Waals surface area contributed by atoms with Crippen molar-refractivity contribution in [3.63, 3.8) is 0 Å². The Morgan fingerprint density at radius 3 is 2.24 bits per heavy atom. The monoisotopic (exact) mass is 440 g/mol. The number of allylic oxidation sites excluding steroid dienone is 1. The molecule has 0 radical (unpaired) electrons. The van der Waals surface area contributed by atoms with Crippen LogP contribution in [0.15, 0.2) is 83.9 Å². The van der Waals surface area contributed by atoms with Gasteiger partial charge in [0.1, 0.15) is 11.5 Å². The molecule has 0 atom stereocenters. The first-order valence-electron chi connectivity index (χ1n) is 11.1. The third kappa shape index (κ3) is 5.69. The molecule has 33 heavy (non-hydrogen) atoms. The van der Waals surface area contributed by atoms with Gasteiger partial charge in [0.05, 0.1) is 19.9 Å². The number of methoxy groups -OCH3 is 2. The maximum atomic E-state index is 12.7. The number of ether oxygens (including phenoxy) is 2. The van der Waals surface area contributed by atoms with Crippen molar-refractivity contribution in [1.29, 1.82) is 0 Å². The molecule has 0 fully saturated rings. The molecule has 3 aromatic rings. The molecular formula is C28H28N2O3. The summed E-state index contributed by atoms with van der Waals surface area (Å²) in [5.41, 5.74) is 5.39. The van der Waals surface area contributed by atoms with E-state index in [2.05, 4.69) is 23.5 Å². The Morgan fingerprint density at radius 1 is 0.848 bits per heavy atom. The van der Waals surface area contributed by atoms with Crippen molar-refractivity contribution in [2.45, 2.75) is 25.7 Å². The second-order valence-electron chi connectivity index (χ2n) is 7.89. The van der Waals surface area contributed by atoms with Gasteiger partial charge in [0.25, 0.3) is 5.91 Å². The number of carbonyl (C=O) groups excluding carboxylic acids is 1. The summed E-state index contributed by atoms with van der Waals surface area (Å²) < 4.78 is 10.5. The summed E-state index contributed by atoms with van der Waals surface area (Å²) in [5.74, 6) is 1.39. The molecule has 0 unspecified atom stereocenters. The van der Waals surface area contributed by atoms with E-state index in [-0.39, 0.29) is 5.91 Å². The van der Waals surface area contributed by atoms with E-state index in [9.17, 15) is 4.79 Å². The van der Waals surface area contributed by atoms with Crippen LogP contribution >= 0.6 is 0 Å². The normalized spacial score (nSPS) is 16.9. The quantitative estimate of drug-likeness (QED) is 0.485. The lowest BCUT2D eigenvalue weighted by Gasteiger charge is -2.14. The first kappa shape index (κ1) is 22.3. The van der Waals surface area contributed by atoms with Gasteiger partial charge in [0.15, 0.2) is 0 Å². The highest BCUT2D eigenvalue weighted by Crippen LogP contribution is 2.26. The van der Waals surface area contributed by atoms with Crippen LogP contribution in [0.1, 0.15) is 47.2 Å². The number of hydrogen-bond donors (Lipinski definition) is 1. The average Bonchev–Trinajstić information content (AvgIpc) is 2.84. The van der Waals surface area contributed by atoms with Crippen LogP contribution in [-0.2, 0) is 0 Å². The summed E-state index contributed by atoms with van der Waals surface area (Å²) in [6, 6.07) is 23.0. The number of rotatable bonds is 6. The van der Waals surface area contributed by atoms with Crippen LogP contribution in [0.25, 0.3) is 5.70 Å². The van der Waals surface area contributed by atoms with Gasteiger partial charge < -0.3 is 14.8 Å². The van der Waals surface area contributed by atoms with Crippen molar-refractivity contribution in [1.82, 2.24) is 0 Å². The van der Waals surface area contributed by atoms with E-state index in [1.165, 1.54) is 0 Å². The van der Waals surface area contributed by atoms with E-state index >= 15 is 0 Å². The minimum atomic E-state index is -0.163. The summed E-state index contributed by atoms with van der Waals surface area (Å²) in [6.07, 6.45) is 6.32. The Balaban J connectivity index is 1.57. The maximum Gasteiger partial charge on any atom is 0.255 e. The lowest BCUT2D eigenvalue weighted by molar-refractivity contribution is 0.102. The van der Waals surface area contributed by atoms with E-state index in [0.717, 1.165) is 65.4 Å². The predicted molar refractivity (Wildman–Crippen MR) is 133 cm³/mol. The van der Waals surface area contributed by atoms with Crippen molar-refractivity contribution in [3.05, 3.63) is 95.6 Å². The zero-order valence-corrected chi connectivity index (χ0v) is 19.0. The molecule has 0 saturated heterocycles. The molecule has 3 aromatic carbocycles. The molecule has 1 N–H and O–H groups in total. The minimum Gasteiger partial charge on any atom is -0.497 e. The van der Waals surface area contributed by atoms with E-state index in [1.54, 1.807) is 38.5 Å². The van der Waals surface area contributed by atoms with E-state index in [1.807, 2.05) is 36.4 Å². The third-order valence-electron chi connectivity index (χ3n) is 5.65. The van der Waals surface area contributed by atoms with Crippen molar-refractivity contribution < 1.29 is 14.3 Å². The number of nitrogens with one attached hydrogen (secondary N) is 1. The number of carbonyl (C=O) groups is 1. The van der Waals surface area contributed by atoms with Gasteiger partial charge >= 0.3 is 0 Å². The number of benzene rings is 3. The lowest BCUT2D eigenvalue weighted by atomic mass is 10.00. The fraction of sp³-hybridized carbons (Fsp3) is 0.214. The molecular weight excluding hydrogens is 412 g/mol. The predicted octanol–water partition coefficient (Wildman–Crippen LogP) is 6.36. The van der Waals surface area contributed by atoms with Crippen molar-refractivity contribution in [2.75, 3.05) is 19.5 Å². The molecule has 0 aliphatic carbocycles.